The molecule has 1 amide bonds. The predicted octanol–water partition coefficient (Wildman–Crippen LogP) is 3.18. The van der Waals surface area contributed by atoms with Gasteiger partial charge < -0.3 is 9.64 Å². The molecule has 0 aliphatic heterocycles. The van der Waals surface area contributed by atoms with E-state index in [1.165, 1.54) is 0 Å². The lowest BCUT2D eigenvalue weighted by Crippen LogP contribution is -2.42. The van der Waals surface area contributed by atoms with E-state index in [4.69, 9.17) is 4.74 Å². The second kappa shape index (κ2) is 6.16. The van der Waals surface area contributed by atoms with Crippen LogP contribution in [0.4, 0.5) is 4.79 Å². The van der Waals surface area contributed by atoms with Crippen LogP contribution in [0, 0.1) is 10.8 Å². The summed E-state index contributed by atoms with van der Waals surface area (Å²) in [5, 5.41) is 2.96. The van der Waals surface area contributed by atoms with Gasteiger partial charge in [-0.1, -0.05) is 5.18 Å². The highest BCUT2D eigenvalue weighted by Gasteiger charge is 2.29. The zero-order valence-electron chi connectivity index (χ0n) is 11.8. The molecular weight excluding hydrogens is 232 g/mol. The van der Waals surface area contributed by atoms with Gasteiger partial charge in [-0.15, -0.1) is 0 Å². The van der Waals surface area contributed by atoms with Crippen LogP contribution in [0.25, 0.3) is 0 Å². The molecule has 0 aromatic carbocycles. The van der Waals surface area contributed by atoms with E-state index in [0.29, 0.717) is 12.5 Å². The van der Waals surface area contributed by atoms with Crippen molar-refractivity contribution >= 4 is 6.09 Å². The van der Waals surface area contributed by atoms with Gasteiger partial charge >= 0.3 is 6.09 Å². The third-order valence-electron chi connectivity index (χ3n) is 3.38. The third-order valence-corrected chi connectivity index (χ3v) is 3.38. The second-order valence-electron chi connectivity index (χ2n) is 6.08. The normalized spacial score (nSPS) is 24.4. The lowest BCUT2D eigenvalue weighted by atomic mass is 9.85. The summed E-state index contributed by atoms with van der Waals surface area (Å²) in [5.41, 5.74) is -0.454. The van der Waals surface area contributed by atoms with Gasteiger partial charge in [0.25, 0.3) is 0 Å². The van der Waals surface area contributed by atoms with Crippen LogP contribution in [-0.2, 0) is 4.74 Å². The average Bonchev–Trinajstić information content (AvgIpc) is 2.27. The van der Waals surface area contributed by atoms with Gasteiger partial charge in [0.1, 0.15) is 5.60 Å². The summed E-state index contributed by atoms with van der Waals surface area (Å²) < 4.78 is 5.35. The largest absolute Gasteiger partial charge is 0.444 e. The van der Waals surface area contributed by atoms with Crippen LogP contribution in [0.15, 0.2) is 5.18 Å². The lowest BCUT2D eigenvalue weighted by molar-refractivity contribution is 0.0174. The summed E-state index contributed by atoms with van der Waals surface area (Å²) in [7, 11) is 1.79. The van der Waals surface area contributed by atoms with Gasteiger partial charge in [-0.3, -0.25) is 0 Å². The van der Waals surface area contributed by atoms with Crippen molar-refractivity contribution < 1.29 is 9.53 Å². The van der Waals surface area contributed by atoms with Crippen molar-refractivity contribution in [1.82, 2.24) is 4.90 Å². The maximum absolute atomic E-state index is 11.9. The quantitative estimate of drug-likeness (QED) is 0.729. The highest BCUT2D eigenvalue weighted by Crippen LogP contribution is 2.28. The Hall–Kier alpha value is -1.13. The molecule has 1 rings (SSSR count). The molecule has 0 spiro atoms. The van der Waals surface area contributed by atoms with E-state index >= 15 is 0 Å². The standard InChI is InChI=1S/C13H24N2O3/c1-13(2,3)18-12(16)15(4)11-7-5-10(6-8-11)9-14-17/h10-11H,5-9H2,1-4H3. The van der Waals surface area contributed by atoms with Crippen LogP contribution in [0.3, 0.4) is 0 Å². The number of amides is 1. The molecule has 0 unspecified atom stereocenters. The van der Waals surface area contributed by atoms with E-state index in [-0.39, 0.29) is 12.1 Å². The second-order valence-corrected chi connectivity index (χ2v) is 6.08. The maximum Gasteiger partial charge on any atom is 0.410 e. The molecule has 0 saturated heterocycles. The van der Waals surface area contributed by atoms with E-state index in [0.717, 1.165) is 25.7 Å². The molecule has 0 atom stereocenters. The fourth-order valence-corrected chi connectivity index (χ4v) is 2.30. The molecule has 5 heteroatoms. The Morgan fingerprint density at radius 3 is 2.28 bits per heavy atom. The van der Waals surface area contributed by atoms with E-state index in [2.05, 4.69) is 5.18 Å². The van der Waals surface area contributed by atoms with Crippen LogP contribution in [-0.4, -0.2) is 36.2 Å². The van der Waals surface area contributed by atoms with E-state index in [9.17, 15) is 9.70 Å². The van der Waals surface area contributed by atoms with Gasteiger partial charge in [0, 0.05) is 13.1 Å². The topological polar surface area (TPSA) is 59.0 Å². The molecule has 104 valence electrons. The smallest absolute Gasteiger partial charge is 0.410 e. The van der Waals surface area contributed by atoms with Crippen LogP contribution < -0.4 is 0 Å². The summed E-state index contributed by atoms with van der Waals surface area (Å²) >= 11 is 0. The number of ether oxygens (including phenoxy) is 1. The molecule has 1 fully saturated rings. The van der Waals surface area contributed by atoms with Gasteiger partial charge in [-0.05, 0) is 52.4 Å². The van der Waals surface area contributed by atoms with Crippen molar-refractivity contribution in [2.45, 2.75) is 58.1 Å². The number of nitrogens with zero attached hydrogens (tertiary/aromatic N) is 2. The zero-order valence-corrected chi connectivity index (χ0v) is 11.8. The first kappa shape index (κ1) is 14.9. The van der Waals surface area contributed by atoms with Crippen LogP contribution in [0.1, 0.15) is 46.5 Å². The molecule has 0 heterocycles. The van der Waals surface area contributed by atoms with Crippen molar-refractivity contribution in [3.05, 3.63) is 4.91 Å². The molecule has 0 bridgehead atoms. The van der Waals surface area contributed by atoms with Crippen molar-refractivity contribution in [2.24, 2.45) is 11.1 Å². The van der Waals surface area contributed by atoms with E-state index in [1.807, 2.05) is 20.8 Å². The van der Waals surface area contributed by atoms with Gasteiger partial charge in [-0.25, -0.2) is 4.79 Å². The molecular formula is C13H24N2O3. The van der Waals surface area contributed by atoms with Crippen molar-refractivity contribution in [3.8, 4) is 0 Å². The van der Waals surface area contributed by atoms with Gasteiger partial charge in [0.2, 0.25) is 0 Å². The molecule has 1 aliphatic rings. The highest BCUT2D eigenvalue weighted by molar-refractivity contribution is 5.68. The predicted molar refractivity (Wildman–Crippen MR) is 70.4 cm³/mol. The lowest BCUT2D eigenvalue weighted by Gasteiger charge is -2.34. The minimum Gasteiger partial charge on any atom is -0.444 e. The van der Waals surface area contributed by atoms with E-state index in [1.54, 1.807) is 11.9 Å². The average molecular weight is 256 g/mol. The first-order valence-electron chi connectivity index (χ1n) is 6.58. The number of carbonyl (C=O) groups is 1. The van der Waals surface area contributed by atoms with Crippen molar-refractivity contribution in [2.75, 3.05) is 13.6 Å². The molecule has 0 aromatic rings. The monoisotopic (exact) mass is 256 g/mol. The first-order valence-corrected chi connectivity index (χ1v) is 6.58. The number of carbonyl (C=O) groups excluding carboxylic acids is 1. The zero-order chi connectivity index (χ0) is 13.8. The highest BCUT2D eigenvalue weighted by atomic mass is 16.6. The van der Waals surface area contributed by atoms with Crippen LogP contribution >= 0.6 is 0 Å². The molecule has 0 radical (unpaired) electrons. The summed E-state index contributed by atoms with van der Waals surface area (Å²) in [6, 6.07) is 0.225. The molecule has 1 aliphatic carbocycles. The van der Waals surface area contributed by atoms with Crippen LogP contribution in [0.5, 0.6) is 0 Å². The summed E-state index contributed by atoms with van der Waals surface area (Å²) in [4.78, 5) is 23.8. The van der Waals surface area contributed by atoms with Crippen molar-refractivity contribution in [1.29, 1.82) is 0 Å². The number of hydrogen-bond acceptors (Lipinski definition) is 4. The van der Waals surface area contributed by atoms with Gasteiger partial charge in [-0.2, -0.15) is 4.91 Å². The first-order chi connectivity index (χ1) is 8.33. The number of rotatable bonds is 3. The van der Waals surface area contributed by atoms with E-state index < -0.39 is 5.60 Å². The maximum atomic E-state index is 11.9. The fraction of sp³-hybridized carbons (Fsp3) is 0.923. The summed E-state index contributed by atoms with van der Waals surface area (Å²) in [6.45, 7) is 6.01. The Kier molecular flexibility index (Phi) is 5.11. The molecule has 5 nitrogen and oxygen atoms in total. The minimum absolute atomic E-state index is 0.225. The minimum atomic E-state index is -0.454. The number of nitroso groups, excluding NO2 is 1. The Morgan fingerprint density at radius 1 is 1.28 bits per heavy atom. The Balaban J connectivity index is 2.42. The summed E-state index contributed by atoms with van der Waals surface area (Å²) in [6.07, 6.45) is 3.51. The van der Waals surface area contributed by atoms with Crippen molar-refractivity contribution in [3.63, 3.8) is 0 Å². The Bertz CT molecular complexity index is 291. The fourth-order valence-electron chi connectivity index (χ4n) is 2.30. The SMILES string of the molecule is CN(C(=O)OC(C)(C)C)C1CCC(CN=O)CC1. The van der Waals surface area contributed by atoms with Crippen LogP contribution in [0.2, 0.25) is 0 Å². The Labute approximate surface area is 109 Å². The molecule has 1 saturated carbocycles. The molecule has 0 N–H and O–H groups in total. The third kappa shape index (κ3) is 4.63. The molecule has 18 heavy (non-hydrogen) atoms. The van der Waals surface area contributed by atoms with Gasteiger partial charge in [0.05, 0.1) is 6.54 Å². The molecule has 0 aromatic heterocycles. The number of hydrogen-bond donors (Lipinski definition) is 0. The Morgan fingerprint density at radius 2 is 1.83 bits per heavy atom. The summed E-state index contributed by atoms with van der Waals surface area (Å²) in [5.74, 6) is 0.394. The van der Waals surface area contributed by atoms with Gasteiger partial charge in [0.15, 0.2) is 0 Å².